The number of non-ortho nitro benzene ring substituents is 1. The molecule has 0 saturated heterocycles. The monoisotopic (exact) mass is 380 g/mol. The third-order valence-electron chi connectivity index (χ3n) is 2.91. The molecule has 0 unspecified atom stereocenters. The van der Waals surface area contributed by atoms with Crippen LogP contribution in [0.1, 0.15) is 26.3 Å². The SMILES string of the molecule is CN(Cc1cc([N+](=O)[O-])ccc1S(=O)(=O)C(F)F)C(=O)OC(C)(C)C. The molecule has 1 rings (SSSR count). The van der Waals surface area contributed by atoms with Gasteiger partial charge in [-0.15, -0.1) is 0 Å². The topological polar surface area (TPSA) is 107 Å². The molecule has 140 valence electrons. The normalized spacial score (nSPS) is 12.1. The molecule has 1 aromatic rings. The maximum absolute atomic E-state index is 12.8. The highest BCUT2D eigenvalue weighted by Gasteiger charge is 2.31. The van der Waals surface area contributed by atoms with Crippen LogP contribution in [0, 0.1) is 10.1 Å². The lowest BCUT2D eigenvalue weighted by molar-refractivity contribution is -0.385. The molecule has 0 aliphatic carbocycles. The van der Waals surface area contributed by atoms with E-state index in [4.69, 9.17) is 4.74 Å². The Balaban J connectivity index is 3.29. The number of halogens is 2. The van der Waals surface area contributed by atoms with Crippen LogP contribution in [0.15, 0.2) is 23.1 Å². The molecule has 0 aromatic heterocycles. The molecule has 0 N–H and O–H groups in total. The zero-order valence-electron chi connectivity index (χ0n) is 14.0. The van der Waals surface area contributed by atoms with Gasteiger partial charge in [-0.25, -0.2) is 13.2 Å². The van der Waals surface area contributed by atoms with Gasteiger partial charge in [-0.3, -0.25) is 10.1 Å². The summed E-state index contributed by atoms with van der Waals surface area (Å²) in [6.07, 6.45) is -0.834. The summed E-state index contributed by atoms with van der Waals surface area (Å²) in [7, 11) is -3.74. The van der Waals surface area contributed by atoms with E-state index in [0.29, 0.717) is 0 Å². The zero-order valence-corrected chi connectivity index (χ0v) is 14.8. The van der Waals surface area contributed by atoms with Gasteiger partial charge in [-0.1, -0.05) is 0 Å². The third-order valence-corrected chi connectivity index (χ3v) is 4.39. The smallest absolute Gasteiger partial charge is 0.410 e. The van der Waals surface area contributed by atoms with Crippen LogP contribution >= 0.6 is 0 Å². The first-order chi connectivity index (χ1) is 11.3. The van der Waals surface area contributed by atoms with Crippen molar-refractivity contribution in [2.45, 2.75) is 43.6 Å². The van der Waals surface area contributed by atoms with Gasteiger partial charge in [0.2, 0.25) is 9.84 Å². The van der Waals surface area contributed by atoms with Gasteiger partial charge in [-0.2, -0.15) is 8.78 Å². The fourth-order valence-corrected chi connectivity index (χ4v) is 2.78. The Bertz CT molecular complexity index is 774. The lowest BCUT2D eigenvalue weighted by Crippen LogP contribution is -2.34. The summed E-state index contributed by atoms with van der Waals surface area (Å²) in [6.45, 7) is 4.37. The molecule has 0 aliphatic rings. The van der Waals surface area contributed by atoms with Crippen molar-refractivity contribution in [1.29, 1.82) is 0 Å². The van der Waals surface area contributed by atoms with Crippen LogP contribution in [0.4, 0.5) is 19.3 Å². The predicted molar refractivity (Wildman–Crippen MR) is 84.0 cm³/mol. The van der Waals surface area contributed by atoms with Crippen molar-refractivity contribution in [3.05, 3.63) is 33.9 Å². The number of nitro benzene ring substituents is 1. The van der Waals surface area contributed by atoms with Crippen LogP contribution in [-0.2, 0) is 21.1 Å². The number of carbonyl (C=O) groups is 1. The number of sulfone groups is 1. The number of nitrogens with zero attached hydrogens (tertiary/aromatic N) is 2. The molecular weight excluding hydrogens is 362 g/mol. The molecule has 0 heterocycles. The minimum Gasteiger partial charge on any atom is -0.444 e. The van der Waals surface area contributed by atoms with E-state index < -0.39 is 49.3 Å². The fraction of sp³-hybridized carbons (Fsp3) is 0.500. The Morgan fingerprint density at radius 2 is 1.92 bits per heavy atom. The Labute approximate surface area is 143 Å². The molecule has 11 heteroatoms. The number of rotatable bonds is 5. The molecule has 1 amide bonds. The first kappa shape index (κ1) is 20.7. The van der Waals surface area contributed by atoms with Gasteiger partial charge in [0.05, 0.1) is 16.4 Å². The number of hydrogen-bond acceptors (Lipinski definition) is 6. The lowest BCUT2D eigenvalue weighted by Gasteiger charge is -2.25. The predicted octanol–water partition coefficient (Wildman–Crippen LogP) is 2.96. The summed E-state index contributed by atoms with van der Waals surface area (Å²) >= 11 is 0. The van der Waals surface area contributed by atoms with Crippen molar-refractivity contribution in [1.82, 2.24) is 4.90 Å². The van der Waals surface area contributed by atoms with Gasteiger partial charge in [0.25, 0.3) is 5.69 Å². The standard InChI is InChI=1S/C14H18F2N2O6S/c1-14(2,3)24-13(19)17(4)8-9-7-10(18(20)21)5-6-11(9)25(22,23)12(15)16/h5-7,12H,8H2,1-4H3. The summed E-state index contributed by atoms with van der Waals surface area (Å²) < 4.78 is 54.3. The quantitative estimate of drug-likeness (QED) is 0.574. The van der Waals surface area contributed by atoms with Crippen molar-refractivity contribution in [3.63, 3.8) is 0 Å². The summed E-state index contributed by atoms with van der Waals surface area (Å²) in [4.78, 5) is 22.2. The van der Waals surface area contributed by atoms with Crippen molar-refractivity contribution in [2.24, 2.45) is 0 Å². The van der Waals surface area contributed by atoms with Crippen molar-refractivity contribution in [3.8, 4) is 0 Å². The van der Waals surface area contributed by atoms with Gasteiger partial charge in [0.1, 0.15) is 5.60 Å². The van der Waals surface area contributed by atoms with E-state index in [9.17, 15) is 32.1 Å². The van der Waals surface area contributed by atoms with Crippen LogP contribution in [-0.4, -0.2) is 42.7 Å². The minimum absolute atomic E-state index is 0.303. The van der Waals surface area contributed by atoms with E-state index in [0.717, 1.165) is 23.1 Å². The van der Waals surface area contributed by atoms with E-state index in [1.54, 1.807) is 20.8 Å². The van der Waals surface area contributed by atoms with E-state index in [2.05, 4.69) is 0 Å². The number of benzene rings is 1. The van der Waals surface area contributed by atoms with Crippen LogP contribution in [0.3, 0.4) is 0 Å². The molecule has 0 spiro atoms. The van der Waals surface area contributed by atoms with Crippen LogP contribution in [0.25, 0.3) is 0 Å². The molecule has 0 saturated carbocycles. The third kappa shape index (κ3) is 5.34. The minimum atomic E-state index is -4.99. The van der Waals surface area contributed by atoms with Crippen LogP contribution < -0.4 is 0 Å². The zero-order chi connectivity index (χ0) is 19.6. The maximum atomic E-state index is 12.8. The lowest BCUT2D eigenvalue weighted by atomic mass is 10.2. The van der Waals surface area contributed by atoms with Gasteiger partial charge in [-0.05, 0) is 32.4 Å². The summed E-state index contributed by atoms with van der Waals surface area (Å²) in [6, 6.07) is 2.39. The first-order valence-corrected chi connectivity index (χ1v) is 8.54. The van der Waals surface area contributed by atoms with Crippen molar-refractivity contribution >= 4 is 21.6 Å². The average Bonchev–Trinajstić information content (AvgIpc) is 2.44. The summed E-state index contributed by atoms with van der Waals surface area (Å²) in [5, 5.41) is 10.9. The molecule has 0 atom stereocenters. The summed E-state index contributed by atoms with van der Waals surface area (Å²) in [5.41, 5.74) is -1.62. The Morgan fingerprint density at radius 1 is 1.36 bits per heavy atom. The number of amides is 1. The molecule has 25 heavy (non-hydrogen) atoms. The van der Waals surface area contributed by atoms with E-state index in [-0.39, 0.29) is 5.56 Å². The Morgan fingerprint density at radius 3 is 2.36 bits per heavy atom. The second-order valence-corrected chi connectivity index (χ2v) is 8.08. The highest BCUT2D eigenvalue weighted by molar-refractivity contribution is 7.91. The molecule has 8 nitrogen and oxygen atoms in total. The molecular formula is C14H18F2N2O6S. The maximum Gasteiger partial charge on any atom is 0.410 e. The first-order valence-electron chi connectivity index (χ1n) is 6.99. The largest absolute Gasteiger partial charge is 0.444 e. The van der Waals surface area contributed by atoms with Crippen molar-refractivity contribution < 1.29 is 31.7 Å². The average molecular weight is 380 g/mol. The van der Waals surface area contributed by atoms with Crippen LogP contribution in [0.5, 0.6) is 0 Å². The molecule has 0 radical (unpaired) electrons. The second kappa shape index (κ2) is 7.30. The van der Waals surface area contributed by atoms with E-state index in [1.807, 2.05) is 0 Å². The van der Waals surface area contributed by atoms with Crippen LogP contribution in [0.2, 0.25) is 0 Å². The van der Waals surface area contributed by atoms with Gasteiger partial charge in [0, 0.05) is 19.2 Å². The molecule has 1 aromatic carbocycles. The van der Waals surface area contributed by atoms with Crippen molar-refractivity contribution in [2.75, 3.05) is 7.05 Å². The van der Waals surface area contributed by atoms with Gasteiger partial charge < -0.3 is 9.64 Å². The molecule has 0 aliphatic heterocycles. The Hall–Kier alpha value is -2.30. The number of nitro groups is 1. The van der Waals surface area contributed by atoms with Gasteiger partial charge >= 0.3 is 11.9 Å². The van der Waals surface area contributed by atoms with Gasteiger partial charge in [0.15, 0.2) is 0 Å². The highest BCUT2D eigenvalue weighted by atomic mass is 32.2. The number of alkyl halides is 2. The van der Waals surface area contributed by atoms with E-state index >= 15 is 0 Å². The Kier molecular flexibility index (Phi) is 6.05. The fourth-order valence-electron chi connectivity index (χ4n) is 1.84. The molecule has 0 bridgehead atoms. The molecule has 0 fully saturated rings. The summed E-state index contributed by atoms with van der Waals surface area (Å²) in [5.74, 6) is -3.69. The number of ether oxygens (including phenoxy) is 1. The van der Waals surface area contributed by atoms with E-state index in [1.165, 1.54) is 7.05 Å². The second-order valence-electron chi connectivity index (χ2n) is 6.19. The number of carbonyl (C=O) groups excluding carboxylic acids is 1. The number of hydrogen-bond donors (Lipinski definition) is 0. The highest BCUT2D eigenvalue weighted by Crippen LogP contribution is 2.27.